The molecule has 18 heavy (non-hydrogen) atoms. The zero-order valence-electron chi connectivity index (χ0n) is 10.4. The second-order valence-electron chi connectivity index (χ2n) is 3.25. The van der Waals surface area contributed by atoms with Crippen molar-refractivity contribution in [3.05, 3.63) is 30.1 Å². The van der Waals surface area contributed by atoms with Crippen LogP contribution < -0.4 is 16.0 Å². The van der Waals surface area contributed by atoms with E-state index in [4.69, 9.17) is 0 Å². The van der Waals surface area contributed by atoms with Gasteiger partial charge in [-0.1, -0.05) is 0 Å². The zero-order valence-corrected chi connectivity index (χ0v) is 12.8. The van der Waals surface area contributed by atoms with Gasteiger partial charge in [-0.25, -0.2) is 0 Å². The molecule has 0 saturated carbocycles. The summed E-state index contributed by atoms with van der Waals surface area (Å²) in [5.41, 5.74) is 0.561. The number of rotatable bonds is 4. The van der Waals surface area contributed by atoms with Crippen LogP contribution in [-0.2, 0) is 0 Å². The van der Waals surface area contributed by atoms with Crippen molar-refractivity contribution in [3.63, 3.8) is 0 Å². The summed E-state index contributed by atoms with van der Waals surface area (Å²) in [4.78, 5) is 19.4. The Morgan fingerprint density at radius 3 is 2.67 bits per heavy atom. The van der Waals surface area contributed by atoms with Crippen molar-refractivity contribution in [2.24, 2.45) is 4.99 Å². The topological polar surface area (TPSA) is 78.4 Å². The first-order chi connectivity index (χ1) is 8.27. The molecule has 7 heteroatoms. The highest BCUT2D eigenvalue weighted by Gasteiger charge is 2.03. The number of nitrogens with zero attached hydrogens (tertiary/aromatic N) is 2. The molecule has 0 atom stereocenters. The van der Waals surface area contributed by atoms with Crippen LogP contribution in [0.2, 0.25) is 0 Å². The second-order valence-corrected chi connectivity index (χ2v) is 3.25. The molecule has 1 aromatic rings. The summed E-state index contributed by atoms with van der Waals surface area (Å²) < 4.78 is 0. The Morgan fingerprint density at radius 1 is 1.39 bits per heavy atom. The highest BCUT2D eigenvalue weighted by Crippen LogP contribution is 1.93. The number of aromatic nitrogens is 1. The van der Waals surface area contributed by atoms with E-state index in [2.05, 4.69) is 25.9 Å². The van der Waals surface area contributed by atoms with Gasteiger partial charge in [-0.3, -0.25) is 14.8 Å². The third-order valence-corrected chi connectivity index (χ3v) is 2.09. The van der Waals surface area contributed by atoms with Gasteiger partial charge in [-0.2, -0.15) is 0 Å². The van der Waals surface area contributed by atoms with E-state index in [1.165, 1.54) is 6.20 Å². The quantitative estimate of drug-likeness (QED) is 0.310. The molecule has 0 aliphatic carbocycles. The number of amides is 1. The van der Waals surface area contributed by atoms with Gasteiger partial charge in [0.05, 0.1) is 5.56 Å². The summed E-state index contributed by atoms with van der Waals surface area (Å²) in [5, 5.41) is 8.70. The predicted octanol–water partition coefficient (Wildman–Crippen LogP) is 0.224. The summed E-state index contributed by atoms with van der Waals surface area (Å²) in [5.74, 6) is 0.569. The Balaban J connectivity index is 0.00000289. The van der Waals surface area contributed by atoms with E-state index in [0.29, 0.717) is 24.6 Å². The molecule has 0 aliphatic heterocycles. The van der Waals surface area contributed by atoms with Gasteiger partial charge < -0.3 is 16.0 Å². The lowest BCUT2D eigenvalue weighted by Gasteiger charge is -2.09. The number of pyridine rings is 1. The van der Waals surface area contributed by atoms with E-state index in [1.54, 1.807) is 32.4 Å². The third kappa shape index (κ3) is 5.80. The van der Waals surface area contributed by atoms with Crippen LogP contribution in [0.5, 0.6) is 0 Å². The third-order valence-electron chi connectivity index (χ3n) is 2.09. The number of halogens is 1. The molecule has 100 valence electrons. The molecule has 1 amide bonds. The predicted molar refractivity (Wildman–Crippen MR) is 82.4 cm³/mol. The van der Waals surface area contributed by atoms with E-state index in [9.17, 15) is 4.79 Å². The highest BCUT2D eigenvalue weighted by atomic mass is 127. The molecule has 0 fully saturated rings. The smallest absolute Gasteiger partial charge is 0.252 e. The van der Waals surface area contributed by atoms with Crippen molar-refractivity contribution in [2.45, 2.75) is 0 Å². The van der Waals surface area contributed by atoms with Gasteiger partial charge >= 0.3 is 0 Å². The van der Waals surface area contributed by atoms with Gasteiger partial charge in [-0.05, 0) is 12.1 Å². The van der Waals surface area contributed by atoms with Gasteiger partial charge in [0.1, 0.15) is 0 Å². The Bertz CT molecular complexity index is 382. The lowest BCUT2D eigenvalue weighted by molar-refractivity contribution is 0.0954. The first-order valence-corrected chi connectivity index (χ1v) is 5.34. The van der Waals surface area contributed by atoms with Gasteiger partial charge in [0.25, 0.3) is 5.91 Å². The van der Waals surface area contributed by atoms with Crippen molar-refractivity contribution < 1.29 is 4.79 Å². The molecule has 1 rings (SSSR count). The second kappa shape index (κ2) is 9.63. The van der Waals surface area contributed by atoms with Crippen molar-refractivity contribution in [1.82, 2.24) is 20.9 Å². The Hall–Kier alpha value is -1.38. The van der Waals surface area contributed by atoms with Crippen molar-refractivity contribution >= 4 is 35.8 Å². The molecule has 0 bridgehead atoms. The van der Waals surface area contributed by atoms with Gasteiger partial charge in [0.15, 0.2) is 5.96 Å². The van der Waals surface area contributed by atoms with Crippen LogP contribution >= 0.6 is 24.0 Å². The Labute approximate surface area is 124 Å². The number of guanidine groups is 1. The first kappa shape index (κ1) is 16.6. The monoisotopic (exact) mass is 363 g/mol. The summed E-state index contributed by atoms with van der Waals surface area (Å²) >= 11 is 0. The van der Waals surface area contributed by atoms with Gasteiger partial charge in [0, 0.05) is 39.6 Å². The number of carbonyl (C=O) groups is 1. The first-order valence-electron chi connectivity index (χ1n) is 5.34. The maximum atomic E-state index is 11.6. The molecule has 0 aromatic carbocycles. The minimum Gasteiger partial charge on any atom is -0.359 e. The molecule has 3 N–H and O–H groups in total. The molecule has 0 saturated heterocycles. The molecule has 0 aliphatic rings. The van der Waals surface area contributed by atoms with E-state index in [1.807, 2.05) is 0 Å². The average molecular weight is 363 g/mol. The summed E-state index contributed by atoms with van der Waals surface area (Å²) in [6, 6.07) is 3.46. The van der Waals surface area contributed by atoms with E-state index >= 15 is 0 Å². The summed E-state index contributed by atoms with van der Waals surface area (Å²) in [7, 11) is 3.47. The molecule has 1 aromatic heterocycles. The molecular formula is C11H18IN5O. The van der Waals surface area contributed by atoms with Crippen LogP contribution in [0.25, 0.3) is 0 Å². The number of nitrogens with one attached hydrogen (secondary N) is 3. The molecule has 1 heterocycles. The normalized spacial score (nSPS) is 10.2. The van der Waals surface area contributed by atoms with Crippen molar-refractivity contribution in [1.29, 1.82) is 0 Å². The fourth-order valence-corrected chi connectivity index (χ4v) is 1.24. The van der Waals surface area contributed by atoms with E-state index in [0.717, 1.165) is 0 Å². The zero-order chi connectivity index (χ0) is 12.5. The van der Waals surface area contributed by atoms with Crippen LogP contribution in [0.3, 0.4) is 0 Å². The summed E-state index contributed by atoms with van der Waals surface area (Å²) in [6.07, 6.45) is 3.17. The van der Waals surface area contributed by atoms with Crippen LogP contribution in [0.4, 0.5) is 0 Å². The van der Waals surface area contributed by atoms with Crippen molar-refractivity contribution in [2.75, 3.05) is 27.2 Å². The molecule has 0 unspecified atom stereocenters. The highest BCUT2D eigenvalue weighted by molar-refractivity contribution is 14.0. The largest absolute Gasteiger partial charge is 0.359 e. The fourth-order valence-electron chi connectivity index (χ4n) is 1.24. The molecule has 0 spiro atoms. The molecular weight excluding hydrogens is 345 g/mol. The Morgan fingerprint density at radius 2 is 2.11 bits per heavy atom. The summed E-state index contributed by atoms with van der Waals surface area (Å²) in [6.45, 7) is 1.13. The van der Waals surface area contributed by atoms with Crippen molar-refractivity contribution in [3.8, 4) is 0 Å². The molecule has 6 nitrogen and oxygen atoms in total. The van der Waals surface area contributed by atoms with Crippen LogP contribution in [0, 0.1) is 0 Å². The van der Waals surface area contributed by atoms with Gasteiger partial charge in [-0.15, -0.1) is 24.0 Å². The van der Waals surface area contributed by atoms with Crippen LogP contribution in [-0.4, -0.2) is 44.0 Å². The maximum Gasteiger partial charge on any atom is 0.252 e. The fraction of sp³-hybridized carbons (Fsp3) is 0.364. The minimum absolute atomic E-state index is 0. The number of aliphatic imine (C=N–C) groups is 1. The Kier molecular flexibility index (Phi) is 8.89. The van der Waals surface area contributed by atoms with E-state index < -0.39 is 0 Å². The SMILES string of the molecule is CN=C(NC)NCCNC(=O)c1cccnc1.I. The number of hydrogen-bond acceptors (Lipinski definition) is 3. The number of carbonyl (C=O) groups excluding carboxylic acids is 1. The minimum atomic E-state index is -0.126. The lowest BCUT2D eigenvalue weighted by Crippen LogP contribution is -2.39. The average Bonchev–Trinajstić information content (AvgIpc) is 2.40. The maximum absolute atomic E-state index is 11.6. The standard InChI is InChI=1S/C11H17N5O.HI/c1-12-11(13-2)16-7-6-15-10(17)9-4-3-5-14-8-9;/h3-5,8H,6-7H2,1-2H3,(H,15,17)(H2,12,13,16);1H. The van der Waals surface area contributed by atoms with Crippen LogP contribution in [0.15, 0.2) is 29.5 Å². The van der Waals surface area contributed by atoms with Crippen LogP contribution in [0.1, 0.15) is 10.4 Å². The lowest BCUT2D eigenvalue weighted by atomic mass is 10.3. The van der Waals surface area contributed by atoms with E-state index in [-0.39, 0.29) is 29.9 Å². The number of hydrogen-bond donors (Lipinski definition) is 3. The van der Waals surface area contributed by atoms with Gasteiger partial charge in [0.2, 0.25) is 0 Å². The molecule has 0 radical (unpaired) electrons.